The van der Waals surface area contributed by atoms with Crippen LogP contribution in [0.25, 0.3) is 0 Å². The Bertz CT molecular complexity index is 744. The summed E-state index contributed by atoms with van der Waals surface area (Å²) in [6.07, 6.45) is 0.604. The lowest BCUT2D eigenvalue weighted by molar-refractivity contribution is -0.394. The van der Waals surface area contributed by atoms with Crippen LogP contribution in [0.2, 0.25) is 0 Å². The van der Waals surface area contributed by atoms with Crippen LogP contribution in [-0.4, -0.2) is 15.8 Å². The van der Waals surface area contributed by atoms with E-state index in [1.807, 2.05) is 37.3 Å². The van der Waals surface area contributed by atoms with Gasteiger partial charge in [-0.2, -0.15) is 0 Å². The number of hydrogen-bond donors (Lipinski definition) is 1. The van der Waals surface area contributed by atoms with Crippen molar-refractivity contribution in [1.82, 2.24) is 5.32 Å². The minimum absolute atomic E-state index is 0.120. The highest BCUT2D eigenvalue weighted by molar-refractivity contribution is 5.95. The molecule has 124 valence electrons. The van der Waals surface area contributed by atoms with Crippen LogP contribution < -0.4 is 5.32 Å². The Labute approximate surface area is 137 Å². The van der Waals surface area contributed by atoms with Gasteiger partial charge in [0.2, 0.25) is 0 Å². The molecule has 0 radical (unpaired) electrons. The van der Waals surface area contributed by atoms with Crippen molar-refractivity contribution < 1.29 is 14.6 Å². The van der Waals surface area contributed by atoms with Crippen molar-refractivity contribution >= 4 is 17.3 Å². The van der Waals surface area contributed by atoms with E-state index in [-0.39, 0.29) is 11.6 Å². The Morgan fingerprint density at radius 3 is 2.04 bits per heavy atom. The Kier molecular flexibility index (Phi) is 5.20. The number of nitrogens with zero attached hydrogens (tertiary/aromatic N) is 2. The number of carbonyl (C=O) groups excluding carboxylic acids is 1. The molecule has 1 atom stereocenters. The molecule has 0 unspecified atom stereocenters. The molecule has 2 aromatic carbocycles. The zero-order valence-corrected chi connectivity index (χ0v) is 12.8. The molecule has 1 N–H and O–H groups in total. The molecule has 0 fully saturated rings. The summed E-state index contributed by atoms with van der Waals surface area (Å²) in [5.41, 5.74) is -0.234. The predicted octanol–water partition coefficient (Wildman–Crippen LogP) is 3.38. The molecule has 0 spiro atoms. The zero-order valence-electron chi connectivity index (χ0n) is 12.8. The summed E-state index contributed by atoms with van der Waals surface area (Å²) in [4.78, 5) is 32.7. The van der Waals surface area contributed by atoms with Gasteiger partial charge < -0.3 is 5.32 Å². The second-order valence-corrected chi connectivity index (χ2v) is 5.10. The molecule has 8 heteroatoms. The zero-order chi connectivity index (χ0) is 17.7. The van der Waals surface area contributed by atoms with E-state index < -0.39 is 27.1 Å². The minimum atomic E-state index is -0.766. The van der Waals surface area contributed by atoms with Gasteiger partial charge in [-0.05, 0) is 12.0 Å². The van der Waals surface area contributed by atoms with E-state index in [0.29, 0.717) is 6.42 Å². The van der Waals surface area contributed by atoms with Crippen molar-refractivity contribution in [3.8, 4) is 0 Å². The molecule has 0 bridgehead atoms. The van der Waals surface area contributed by atoms with Crippen molar-refractivity contribution in [3.63, 3.8) is 0 Å². The lowest BCUT2D eigenvalue weighted by Crippen LogP contribution is -2.28. The lowest BCUT2D eigenvalue weighted by Gasteiger charge is -2.17. The normalized spacial score (nSPS) is 11.5. The van der Waals surface area contributed by atoms with Gasteiger partial charge in [0.1, 0.15) is 0 Å². The van der Waals surface area contributed by atoms with Gasteiger partial charge in [0, 0.05) is 12.1 Å². The molecule has 1 amide bonds. The van der Waals surface area contributed by atoms with Crippen molar-refractivity contribution in [3.05, 3.63) is 79.9 Å². The van der Waals surface area contributed by atoms with E-state index in [9.17, 15) is 25.0 Å². The molecule has 0 aliphatic rings. The maximum absolute atomic E-state index is 12.4. The lowest BCUT2D eigenvalue weighted by atomic mass is 10.0. The maximum atomic E-state index is 12.4. The average molecular weight is 329 g/mol. The Hall–Kier alpha value is -3.29. The van der Waals surface area contributed by atoms with Crippen molar-refractivity contribution in [1.29, 1.82) is 0 Å². The van der Waals surface area contributed by atoms with Gasteiger partial charge in [0.15, 0.2) is 0 Å². The third kappa shape index (κ3) is 3.92. The van der Waals surface area contributed by atoms with E-state index in [2.05, 4.69) is 5.32 Å². The summed E-state index contributed by atoms with van der Waals surface area (Å²) in [5.74, 6) is -0.600. The number of nitro groups is 2. The molecule has 0 aliphatic carbocycles. The third-order valence-corrected chi connectivity index (χ3v) is 3.50. The molecule has 24 heavy (non-hydrogen) atoms. The Balaban J connectivity index is 2.31. The van der Waals surface area contributed by atoms with Crippen LogP contribution in [0.1, 0.15) is 35.3 Å². The Morgan fingerprint density at radius 1 is 1.04 bits per heavy atom. The van der Waals surface area contributed by atoms with Gasteiger partial charge in [0.05, 0.1) is 27.5 Å². The topological polar surface area (TPSA) is 115 Å². The number of amides is 1. The molecular formula is C16H15N3O5. The van der Waals surface area contributed by atoms with Crippen LogP contribution in [0.3, 0.4) is 0 Å². The van der Waals surface area contributed by atoms with Crippen LogP contribution in [0.15, 0.2) is 48.5 Å². The highest BCUT2D eigenvalue weighted by atomic mass is 16.6. The number of benzene rings is 2. The molecule has 0 saturated heterocycles. The fourth-order valence-electron chi connectivity index (χ4n) is 2.29. The summed E-state index contributed by atoms with van der Waals surface area (Å²) < 4.78 is 0. The maximum Gasteiger partial charge on any atom is 0.277 e. The highest BCUT2D eigenvalue weighted by Crippen LogP contribution is 2.24. The fraction of sp³-hybridized carbons (Fsp3) is 0.188. The molecule has 2 aromatic rings. The first kappa shape index (κ1) is 17.1. The van der Waals surface area contributed by atoms with Crippen molar-refractivity contribution in [2.45, 2.75) is 19.4 Å². The van der Waals surface area contributed by atoms with Crippen LogP contribution in [0.4, 0.5) is 11.4 Å². The van der Waals surface area contributed by atoms with Gasteiger partial charge in [-0.15, -0.1) is 0 Å². The average Bonchev–Trinajstić information content (AvgIpc) is 2.59. The minimum Gasteiger partial charge on any atom is -0.345 e. The van der Waals surface area contributed by atoms with Gasteiger partial charge >= 0.3 is 0 Å². The SMILES string of the molecule is CC[C@H](NC(=O)c1cc([N+](=O)[O-])cc([N+](=O)[O-])c1)c1ccccc1. The molecule has 0 aliphatic heterocycles. The number of hydrogen-bond acceptors (Lipinski definition) is 5. The number of nitro benzene ring substituents is 2. The predicted molar refractivity (Wildman–Crippen MR) is 86.7 cm³/mol. The molecule has 2 rings (SSSR count). The number of nitrogens with one attached hydrogen (secondary N) is 1. The van der Waals surface area contributed by atoms with Crippen LogP contribution in [-0.2, 0) is 0 Å². The van der Waals surface area contributed by atoms with E-state index in [1.165, 1.54) is 0 Å². The van der Waals surface area contributed by atoms with E-state index in [0.717, 1.165) is 23.8 Å². The van der Waals surface area contributed by atoms with E-state index in [1.54, 1.807) is 0 Å². The van der Waals surface area contributed by atoms with E-state index >= 15 is 0 Å². The van der Waals surface area contributed by atoms with Crippen LogP contribution in [0, 0.1) is 20.2 Å². The largest absolute Gasteiger partial charge is 0.345 e. The molecule has 0 aromatic heterocycles. The first-order valence-corrected chi connectivity index (χ1v) is 7.22. The summed E-state index contributed by atoms with van der Waals surface area (Å²) >= 11 is 0. The Morgan fingerprint density at radius 2 is 1.58 bits per heavy atom. The molecular weight excluding hydrogens is 314 g/mol. The summed E-state index contributed by atoms with van der Waals surface area (Å²) in [6.45, 7) is 1.88. The van der Waals surface area contributed by atoms with Crippen molar-refractivity contribution in [2.24, 2.45) is 0 Å². The number of carbonyl (C=O) groups is 1. The smallest absolute Gasteiger partial charge is 0.277 e. The molecule has 8 nitrogen and oxygen atoms in total. The van der Waals surface area contributed by atoms with Gasteiger partial charge in [-0.3, -0.25) is 25.0 Å². The van der Waals surface area contributed by atoms with Crippen molar-refractivity contribution in [2.75, 3.05) is 0 Å². The summed E-state index contributed by atoms with van der Waals surface area (Å²) in [6, 6.07) is 11.8. The summed E-state index contributed by atoms with van der Waals surface area (Å²) in [5, 5.41) is 24.6. The van der Waals surface area contributed by atoms with Crippen LogP contribution >= 0.6 is 0 Å². The van der Waals surface area contributed by atoms with Gasteiger partial charge in [-0.1, -0.05) is 37.3 Å². The van der Waals surface area contributed by atoms with Gasteiger partial charge in [-0.25, -0.2) is 0 Å². The third-order valence-electron chi connectivity index (χ3n) is 3.50. The highest BCUT2D eigenvalue weighted by Gasteiger charge is 2.21. The number of non-ortho nitro benzene ring substituents is 2. The fourth-order valence-corrected chi connectivity index (χ4v) is 2.29. The standard InChI is InChI=1S/C16H15N3O5/c1-2-15(11-6-4-3-5-7-11)17-16(20)12-8-13(18(21)22)10-14(9-12)19(23)24/h3-10,15H,2H2,1H3,(H,17,20)/t15-/m0/s1. The second kappa shape index (κ2) is 7.32. The van der Waals surface area contributed by atoms with Crippen LogP contribution in [0.5, 0.6) is 0 Å². The first-order valence-electron chi connectivity index (χ1n) is 7.22. The summed E-state index contributed by atoms with van der Waals surface area (Å²) in [7, 11) is 0. The monoisotopic (exact) mass is 329 g/mol. The molecule has 0 heterocycles. The molecule has 0 saturated carbocycles. The van der Waals surface area contributed by atoms with E-state index in [4.69, 9.17) is 0 Å². The first-order chi connectivity index (χ1) is 11.4. The number of rotatable bonds is 6. The van der Waals surface area contributed by atoms with Gasteiger partial charge in [0.25, 0.3) is 17.3 Å². The quantitative estimate of drug-likeness (QED) is 0.644. The second-order valence-electron chi connectivity index (χ2n) is 5.10.